The fourth-order valence-electron chi connectivity index (χ4n) is 4.38. The molecule has 1 amide bonds. The first kappa shape index (κ1) is 24.3. The Morgan fingerprint density at radius 2 is 1.37 bits per heavy atom. The van der Waals surface area contributed by atoms with Crippen molar-refractivity contribution in [2.45, 2.75) is 11.3 Å². The van der Waals surface area contributed by atoms with E-state index in [1.807, 2.05) is 121 Å². The second-order valence-corrected chi connectivity index (χ2v) is 11.5. The van der Waals surface area contributed by atoms with Gasteiger partial charge in [0.05, 0.1) is 10.6 Å². The smallest absolute Gasteiger partial charge is 0.268 e. The first-order chi connectivity index (χ1) is 18.5. The molecule has 38 heavy (non-hydrogen) atoms. The van der Waals surface area contributed by atoms with Crippen molar-refractivity contribution >= 4 is 57.7 Å². The molecule has 4 aromatic carbocycles. The van der Waals surface area contributed by atoms with Gasteiger partial charge in [0, 0.05) is 11.3 Å². The van der Waals surface area contributed by atoms with Crippen LogP contribution in [-0.2, 0) is 4.79 Å². The number of benzene rings is 4. The molecule has 6 rings (SSSR count). The van der Waals surface area contributed by atoms with Gasteiger partial charge in [-0.05, 0) is 54.6 Å². The molecule has 0 bridgehead atoms. The summed E-state index contributed by atoms with van der Waals surface area (Å²) >= 11 is 2.71. The van der Waals surface area contributed by atoms with E-state index < -0.39 is 4.33 Å². The molecule has 2 heterocycles. The Morgan fingerprint density at radius 3 is 2.03 bits per heavy atom. The van der Waals surface area contributed by atoms with Crippen LogP contribution >= 0.6 is 23.5 Å². The molecule has 2 aliphatic rings. The SMILES string of the molecule is Cc1ccc(N2N=C(C(=O)c3ccccc3)S[C@]23S/C(=C\c2ccccc2)C(=O)N3c2ccccc2)cc1. The fourth-order valence-corrected chi connectivity index (χ4v) is 7.32. The zero-order chi connectivity index (χ0) is 26.1. The summed E-state index contributed by atoms with van der Waals surface area (Å²) in [6.45, 7) is 2.02. The van der Waals surface area contributed by atoms with Crippen molar-refractivity contribution in [1.29, 1.82) is 0 Å². The van der Waals surface area contributed by atoms with Gasteiger partial charge in [0.1, 0.15) is 0 Å². The molecule has 2 aliphatic heterocycles. The minimum Gasteiger partial charge on any atom is -0.286 e. The Balaban J connectivity index is 1.52. The summed E-state index contributed by atoms with van der Waals surface area (Å²) in [7, 11) is 0. The zero-order valence-electron chi connectivity index (χ0n) is 20.5. The summed E-state index contributed by atoms with van der Waals surface area (Å²) in [6.07, 6.45) is 1.91. The number of Topliss-reactive ketones (excluding diaryl/α,β-unsaturated/α-hetero) is 1. The van der Waals surface area contributed by atoms with E-state index in [-0.39, 0.29) is 11.7 Å². The van der Waals surface area contributed by atoms with Crippen LogP contribution in [-0.4, -0.2) is 21.1 Å². The van der Waals surface area contributed by atoms with Crippen LogP contribution in [0.2, 0.25) is 0 Å². The lowest BCUT2D eigenvalue weighted by molar-refractivity contribution is -0.114. The molecule has 186 valence electrons. The first-order valence-corrected chi connectivity index (χ1v) is 13.8. The third-order valence-electron chi connectivity index (χ3n) is 6.25. The van der Waals surface area contributed by atoms with E-state index in [1.54, 1.807) is 17.0 Å². The number of carbonyl (C=O) groups excluding carboxylic acids is 2. The predicted molar refractivity (Wildman–Crippen MR) is 158 cm³/mol. The number of anilines is 2. The van der Waals surface area contributed by atoms with Crippen LogP contribution in [0.25, 0.3) is 6.08 Å². The van der Waals surface area contributed by atoms with Crippen molar-refractivity contribution in [2.75, 3.05) is 9.91 Å². The number of hydrogen-bond acceptors (Lipinski definition) is 6. The van der Waals surface area contributed by atoms with Crippen LogP contribution in [0.5, 0.6) is 0 Å². The lowest BCUT2D eigenvalue weighted by Gasteiger charge is -2.38. The van der Waals surface area contributed by atoms with Gasteiger partial charge in [-0.2, -0.15) is 5.10 Å². The van der Waals surface area contributed by atoms with Gasteiger partial charge < -0.3 is 0 Å². The van der Waals surface area contributed by atoms with Crippen LogP contribution in [0.15, 0.2) is 125 Å². The second kappa shape index (κ2) is 10.0. The van der Waals surface area contributed by atoms with Crippen LogP contribution in [0.1, 0.15) is 21.5 Å². The number of hydrazone groups is 1. The van der Waals surface area contributed by atoms with Crippen molar-refractivity contribution in [3.05, 3.63) is 137 Å². The molecule has 0 aliphatic carbocycles. The van der Waals surface area contributed by atoms with Gasteiger partial charge in [0.15, 0.2) is 5.04 Å². The van der Waals surface area contributed by atoms with Crippen molar-refractivity contribution in [2.24, 2.45) is 5.10 Å². The highest BCUT2D eigenvalue weighted by Gasteiger charge is 2.60. The normalized spacial score (nSPS) is 19.9. The minimum absolute atomic E-state index is 0.140. The van der Waals surface area contributed by atoms with Gasteiger partial charge in [-0.3, -0.25) is 14.5 Å². The number of thioether (sulfide) groups is 2. The molecule has 1 atom stereocenters. The predicted octanol–water partition coefficient (Wildman–Crippen LogP) is 7.18. The van der Waals surface area contributed by atoms with E-state index in [9.17, 15) is 9.59 Å². The zero-order valence-corrected chi connectivity index (χ0v) is 22.2. The molecular weight excluding hydrogens is 510 g/mol. The van der Waals surface area contributed by atoms with Gasteiger partial charge in [0.2, 0.25) is 10.1 Å². The number of ketones is 1. The maximum atomic E-state index is 14.1. The molecule has 0 aromatic heterocycles. The van der Waals surface area contributed by atoms with Crippen molar-refractivity contribution < 1.29 is 9.59 Å². The van der Waals surface area contributed by atoms with Gasteiger partial charge in [-0.25, -0.2) is 5.01 Å². The lowest BCUT2D eigenvalue weighted by Crippen LogP contribution is -2.51. The highest BCUT2D eigenvalue weighted by Crippen LogP contribution is 2.59. The molecule has 7 heteroatoms. The van der Waals surface area contributed by atoms with Gasteiger partial charge in [0.25, 0.3) is 5.91 Å². The average Bonchev–Trinajstić information content (AvgIpc) is 3.46. The van der Waals surface area contributed by atoms with E-state index in [0.717, 1.165) is 22.5 Å². The molecule has 1 spiro atoms. The Bertz CT molecular complexity index is 1560. The molecular formula is C31H23N3O2S2. The summed E-state index contributed by atoms with van der Waals surface area (Å²) < 4.78 is -1.06. The Kier molecular flexibility index (Phi) is 6.39. The van der Waals surface area contributed by atoms with E-state index >= 15 is 0 Å². The van der Waals surface area contributed by atoms with Crippen molar-refractivity contribution in [3.63, 3.8) is 0 Å². The minimum atomic E-state index is -1.06. The third kappa shape index (κ3) is 4.34. The summed E-state index contributed by atoms with van der Waals surface area (Å²) in [4.78, 5) is 30.1. The molecule has 4 aromatic rings. The van der Waals surface area contributed by atoms with E-state index in [1.165, 1.54) is 23.5 Å². The topological polar surface area (TPSA) is 53.0 Å². The molecule has 0 unspecified atom stereocenters. The Morgan fingerprint density at radius 1 is 0.763 bits per heavy atom. The van der Waals surface area contributed by atoms with Crippen molar-refractivity contribution in [3.8, 4) is 0 Å². The lowest BCUT2D eigenvalue weighted by atomic mass is 10.1. The van der Waals surface area contributed by atoms with Crippen LogP contribution in [0, 0.1) is 6.92 Å². The summed E-state index contributed by atoms with van der Waals surface area (Å²) in [6, 6.07) is 36.5. The maximum Gasteiger partial charge on any atom is 0.268 e. The molecule has 5 nitrogen and oxygen atoms in total. The van der Waals surface area contributed by atoms with Gasteiger partial charge in [-0.1, -0.05) is 108 Å². The summed E-state index contributed by atoms with van der Waals surface area (Å²) in [5, 5.41) is 7.02. The largest absolute Gasteiger partial charge is 0.286 e. The number of carbonyl (C=O) groups is 2. The number of para-hydroxylation sites is 1. The number of rotatable bonds is 5. The Hall–Kier alpha value is -4.07. The molecule has 0 N–H and O–H groups in total. The van der Waals surface area contributed by atoms with Gasteiger partial charge in [-0.15, -0.1) is 0 Å². The second-order valence-electron chi connectivity index (χ2n) is 8.90. The van der Waals surface area contributed by atoms with Crippen LogP contribution in [0.4, 0.5) is 11.4 Å². The summed E-state index contributed by atoms with van der Waals surface area (Å²) in [5.41, 5.74) is 4.12. The van der Waals surface area contributed by atoms with Crippen LogP contribution in [0.3, 0.4) is 0 Å². The van der Waals surface area contributed by atoms with Gasteiger partial charge >= 0.3 is 0 Å². The summed E-state index contributed by atoms with van der Waals surface area (Å²) in [5.74, 6) is -0.315. The van der Waals surface area contributed by atoms with Crippen molar-refractivity contribution in [1.82, 2.24) is 0 Å². The quantitative estimate of drug-likeness (QED) is 0.201. The molecule has 1 fully saturated rings. The maximum absolute atomic E-state index is 14.1. The highest BCUT2D eigenvalue weighted by atomic mass is 32.2. The van der Waals surface area contributed by atoms with Crippen LogP contribution < -0.4 is 9.91 Å². The number of amides is 1. The number of hydrogen-bond donors (Lipinski definition) is 0. The monoisotopic (exact) mass is 533 g/mol. The van der Waals surface area contributed by atoms with E-state index in [0.29, 0.717) is 15.5 Å². The third-order valence-corrected chi connectivity index (χ3v) is 8.96. The fraction of sp³-hybridized carbons (Fsp3) is 0.0645. The van der Waals surface area contributed by atoms with E-state index in [2.05, 4.69) is 0 Å². The molecule has 0 saturated carbocycles. The molecule has 0 radical (unpaired) electrons. The number of aryl methyl sites for hydroxylation is 1. The standard InChI is InChI=1S/C31H23N3O2S2/c1-22-17-19-26(20-18-22)34-31(38-29(32-34)28(35)24-13-7-3-8-14-24)33(25-15-9-4-10-16-25)30(36)27(37-31)21-23-11-5-2-6-12-23/h2-21H,1H3/b27-21-/t31-/m0/s1. The Labute approximate surface area is 229 Å². The highest BCUT2D eigenvalue weighted by molar-refractivity contribution is 8.29. The average molecular weight is 534 g/mol. The first-order valence-electron chi connectivity index (χ1n) is 12.1. The molecule has 1 saturated heterocycles. The number of nitrogens with zero attached hydrogens (tertiary/aromatic N) is 3. The van der Waals surface area contributed by atoms with E-state index in [4.69, 9.17) is 5.10 Å².